The van der Waals surface area contributed by atoms with Crippen LogP contribution in [0, 0.1) is 6.92 Å². The molecule has 1 heterocycles. The van der Waals surface area contributed by atoms with Crippen molar-refractivity contribution >= 4 is 17.6 Å². The Morgan fingerprint density at radius 3 is 2.29 bits per heavy atom. The minimum absolute atomic E-state index is 0.824. The van der Waals surface area contributed by atoms with Gasteiger partial charge >= 0.3 is 0 Å². The maximum atomic E-state index is 3.36. The molecule has 0 bridgehead atoms. The smallest absolute Gasteiger partial charge is 0.0367 e. The SMILES string of the molecule is CSNC1CCCC1.Cc1ccc(N2CCNCC2)cc1. The minimum Gasteiger partial charge on any atom is -0.369 e. The van der Waals surface area contributed by atoms with Gasteiger partial charge in [-0.3, -0.25) is 4.72 Å². The summed E-state index contributed by atoms with van der Waals surface area (Å²) >= 11 is 1.75. The van der Waals surface area contributed by atoms with Gasteiger partial charge in [0.2, 0.25) is 0 Å². The van der Waals surface area contributed by atoms with Crippen molar-refractivity contribution in [3.8, 4) is 0 Å². The molecule has 1 saturated heterocycles. The van der Waals surface area contributed by atoms with Crippen LogP contribution >= 0.6 is 11.9 Å². The molecule has 4 heteroatoms. The lowest BCUT2D eigenvalue weighted by atomic mass is 10.2. The van der Waals surface area contributed by atoms with Crippen LogP contribution in [0.1, 0.15) is 31.2 Å². The molecule has 1 aromatic rings. The number of aryl methyl sites for hydroxylation is 1. The molecule has 3 nitrogen and oxygen atoms in total. The standard InChI is InChI=1S/C11H16N2.C6H13NS/c1-10-2-4-11(5-3-10)13-8-6-12-7-9-13;1-8-7-6-4-2-3-5-6/h2-5,12H,6-9H2,1H3;6-7H,2-5H2,1H3. The van der Waals surface area contributed by atoms with E-state index < -0.39 is 0 Å². The molecule has 3 rings (SSSR count). The van der Waals surface area contributed by atoms with Gasteiger partial charge < -0.3 is 10.2 Å². The fraction of sp³-hybridized carbons (Fsp3) is 0.647. The summed E-state index contributed by atoms with van der Waals surface area (Å²) < 4.78 is 3.36. The van der Waals surface area contributed by atoms with Gasteiger partial charge in [0.25, 0.3) is 0 Å². The van der Waals surface area contributed by atoms with Crippen LogP contribution in [-0.2, 0) is 0 Å². The maximum absolute atomic E-state index is 3.36. The van der Waals surface area contributed by atoms with Crippen LogP contribution in [0.2, 0.25) is 0 Å². The molecule has 0 spiro atoms. The molecule has 0 amide bonds. The third-order valence-electron chi connectivity index (χ3n) is 4.16. The fourth-order valence-electron chi connectivity index (χ4n) is 2.89. The molecule has 2 aliphatic rings. The second kappa shape index (κ2) is 9.34. The van der Waals surface area contributed by atoms with Crippen LogP contribution in [0.25, 0.3) is 0 Å². The molecule has 1 saturated carbocycles. The highest BCUT2D eigenvalue weighted by atomic mass is 32.2. The maximum Gasteiger partial charge on any atom is 0.0367 e. The van der Waals surface area contributed by atoms with Crippen LogP contribution in [0.3, 0.4) is 0 Å². The second-order valence-electron chi connectivity index (χ2n) is 5.88. The lowest BCUT2D eigenvalue weighted by molar-refractivity contribution is 0.589. The first-order valence-corrected chi connectivity index (χ1v) is 9.33. The Labute approximate surface area is 134 Å². The van der Waals surface area contributed by atoms with Crippen molar-refractivity contribution in [3.63, 3.8) is 0 Å². The zero-order valence-electron chi connectivity index (χ0n) is 13.4. The minimum atomic E-state index is 0.824. The van der Waals surface area contributed by atoms with E-state index in [1.54, 1.807) is 11.9 Å². The van der Waals surface area contributed by atoms with Crippen molar-refractivity contribution in [2.24, 2.45) is 0 Å². The lowest BCUT2D eigenvalue weighted by Crippen LogP contribution is -2.43. The van der Waals surface area contributed by atoms with E-state index in [2.05, 4.69) is 52.4 Å². The number of piperazine rings is 1. The van der Waals surface area contributed by atoms with E-state index >= 15 is 0 Å². The van der Waals surface area contributed by atoms with E-state index in [0.29, 0.717) is 0 Å². The Morgan fingerprint density at radius 1 is 1.10 bits per heavy atom. The molecule has 21 heavy (non-hydrogen) atoms. The number of nitrogens with zero attached hydrogens (tertiary/aromatic N) is 1. The highest BCUT2D eigenvalue weighted by Gasteiger charge is 2.12. The van der Waals surface area contributed by atoms with Crippen molar-refractivity contribution in [2.45, 2.75) is 38.6 Å². The molecule has 118 valence electrons. The summed E-state index contributed by atoms with van der Waals surface area (Å²) in [5.41, 5.74) is 2.69. The monoisotopic (exact) mass is 307 g/mol. The largest absolute Gasteiger partial charge is 0.369 e. The van der Waals surface area contributed by atoms with Crippen molar-refractivity contribution in [3.05, 3.63) is 29.8 Å². The van der Waals surface area contributed by atoms with Gasteiger partial charge in [0.1, 0.15) is 0 Å². The third kappa shape index (κ3) is 5.89. The molecule has 0 unspecified atom stereocenters. The number of rotatable bonds is 3. The van der Waals surface area contributed by atoms with Crippen LogP contribution in [-0.4, -0.2) is 38.5 Å². The molecule has 1 aliphatic heterocycles. The average Bonchev–Trinajstić information content (AvgIpc) is 3.03. The van der Waals surface area contributed by atoms with Crippen molar-refractivity contribution < 1.29 is 0 Å². The van der Waals surface area contributed by atoms with Crippen molar-refractivity contribution in [1.29, 1.82) is 0 Å². The Morgan fingerprint density at radius 2 is 1.71 bits per heavy atom. The van der Waals surface area contributed by atoms with Gasteiger partial charge in [-0.15, -0.1) is 0 Å². The van der Waals surface area contributed by atoms with Crippen LogP contribution < -0.4 is 14.9 Å². The first-order valence-electron chi connectivity index (χ1n) is 8.10. The van der Waals surface area contributed by atoms with Gasteiger partial charge in [-0.2, -0.15) is 0 Å². The number of nitrogens with one attached hydrogen (secondary N) is 2. The van der Waals surface area contributed by atoms with E-state index in [1.807, 2.05) is 0 Å². The van der Waals surface area contributed by atoms with E-state index in [0.717, 1.165) is 32.2 Å². The Bertz CT molecular complexity index is 382. The zero-order chi connectivity index (χ0) is 14.9. The van der Waals surface area contributed by atoms with Gasteiger partial charge in [-0.05, 0) is 38.2 Å². The summed E-state index contributed by atoms with van der Waals surface area (Å²) in [7, 11) is 0. The third-order valence-corrected chi connectivity index (χ3v) is 4.72. The first-order chi connectivity index (χ1) is 10.3. The van der Waals surface area contributed by atoms with Crippen LogP contribution in [0.4, 0.5) is 5.69 Å². The normalized spacial score (nSPS) is 19.2. The van der Waals surface area contributed by atoms with Gasteiger partial charge in [0, 0.05) is 37.9 Å². The summed E-state index contributed by atoms with van der Waals surface area (Å²) in [4.78, 5) is 2.43. The van der Waals surface area contributed by atoms with Gasteiger partial charge in [-0.1, -0.05) is 42.5 Å². The second-order valence-corrected chi connectivity index (χ2v) is 6.52. The zero-order valence-corrected chi connectivity index (χ0v) is 14.2. The van der Waals surface area contributed by atoms with E-state index in [9.17, 15) is 0 Å². The quantitative estimate of drug-likeness (QED) is 0.839. The molecule has 2 N–H and O–H groups in total. The Balaban J connectivity index is 0.000000173. The number of hydrogen-bond acceptors (Lipinski definition) is 4. The fourth-order valence-corrected chi connectivity index (χ4v) is 3.46. The van der Waals surface area contributed by atoms with Crippen molar-refractivity contribution in [1.82, 2.24) is 10.0 Å². The average molecular weight is 308 g/mol. The summed E-state index contributed by atoms with van der Waals surface area (Å²) in [5, 5.41) is 3.35. The summed E-state index contributed by atoms with van der Waals surface area (Å²) in [6.45, 7) is 6.59. The summed E-state index contributed by atoms with van der Waals surface area (Å²) in [6, 6.07) is 9.60. The van der Waals surface area contributed by atoms with E-state index in [1.165, 1.54) is 36.9 Å². The number of hydrogen-bond donors (Lipinski definition) is 2. The molecule has 0 radical (unpaired) electrons. The summed E-state index contributed by atoms with van der Waals surface area (Å²) in [5.74, 6) is 0. The highest BCUT2D eigenvalue weighted by molar-refractivity contribution is 7.96. The number of benzene rings is 1. The summed E-state index contributed by atoms with van der Waals surface area (Å²) in [6.07, 6.45) is 7.73. The highest BCUT2D eigenvalue weighted by Crippen LogP contribution is 2.18. The van der Waals surface area contributed by atoms with E-state index in [4.69, 9.17) is 0 Å². The van der Waals surface area contributed by atoms with Gasteiger partial charge in [0.05, 0.1) is 0 Å². The van der Waals surface area contributed by atoms with Crippen molar-refractivity contribution in [2.75, 3.05) is 37.3 Å². The molecule has 1 aliphatic carbocycles. The van der Waals surface area contributed by atoms with Gasteiger partial charge in [0.15, 0.2) is 0 Å². The molecule has 0 aromatic heterocycles. The van der Waals surface area contributed by atoms with Crippen LogP contribution in [0.5, 0.6) is 0 Å². The Hall–Kier alpha value is -0.710. The number of anilines is 1. The predicted octanol–water partition coefficient (Wildman–Crippen LogP) is 3.20. The molecular formula is C17H29N3S. The molecular weight excluding hydrogens is 278 g/mol. The van der Waals surface area contributed by atoms with E-state index in [-0.39, 0.29) is 0 Å². The van der Waals surface area contributed by atoms with Gasteiger partial charge in [-0.25, -0.2) is 0 Å². The Kier molecular flexibility index (Phi) is 7.41. The topological polar surface area (TPSA) is 27.3 Å². The molecule has 2 fully saturated rings. The molecule has 0 atom stereocenters. The first kappa shape index (κ1) is 16.7. The van der Waals surface area contributed by atoms with Crippen LogP contribution in [0.15, 0.2) is 24.3 Å². The molecule has 1 aromatic carbocycles. The lowest BCUT2D eigenvalue weighted by Gasteiger charge is -2.29. The predicted molar refractivity (Wildman–Crippen MR) is 95.2 cm³/mol.